The number of rotatable bonds is 2. The number of benzene rings is 1. The summed E-state index contributed by atoms with van der Waals surface area (Å²) in [6.45, 7) is 13.4. The molecule has 0 unspecified atom stereocenters. The van der Waals surface area contributed by atoms with Gasteiger partial charge in [-0.3, -0.25) is 14.4 Å². The summed E-state index contributed by atoms with van der Waals surface area (Å²) in [5.74, 6) is 0.0191. The molecule has 3 aliphatic carbocycles. The van der Waals surface area contributed by atoms with Crippen LogP contribution in [0, 0.1) is 28.1 Å². The second-order valence-electron chi connectivity index (χ2n) is 12.6. The lowest BCUT2D eigenvalue weighted by Gasteiger charge is -2.53. The van der Waals surface area contributed by atoms with Crippen molar-refractivity contribution < 1.29 is 23.9 Å². The van der Waals surface area contributed by atoms with Crippen molar-refractivity contribution in [2.45, 2.75) is 92.3 Å². The highest BCUT2D eigenvalue weighted by atomic mass is 16.6. The Hall–Kier alpha value is -2.17. The van der Waals surface area contributed by atoms with E-state index < -0.39 is 10.8 Å². The summed E-state index contributed by atoms with van der Waals surface area (Å²) < 4.78 is 12.3. The summed E-state index contributed by atoms with van der Waals surface area (Å²) in [4.78, 5) is 38.9. The Bertz CT molecular complexity index is 965. The number of ether oxygens (including phenoxy) is 2. The Balaban J connectivity index is 1.73. The fourth-order valence-corrected chi connectivity index (χ4v) is 6.30. The highest BCUT2D eigenvalue weighted by molar-refractivity contribution is 5.99. The smallest absolute Gasteiger partial charge is 0.311 e. The fourth-order valence-electron chi connectivity index (χ4n) is 6.30. The van der Waals surface area contributed by atoms with Gasteiger partial charge in [0.2, 0.25) is 0 Å². The van der Waals surface area contributed by atoms with Crippen LogP contribution in [0.3, 0.4) is 0 Å². The average molecular weight is 455 g/mol. The van der Waals surface area contributed by atoms with Gasteiger partial charge >= 0.3 is 11.9 Å². The first-order chi connectivity index (χ1) is 15.2. The number of carbonyl (C=O) groups excluding carboxylic acids is 3. The molecule has 0 aliphatic heterocycles. The van der Waals surface area contributed by atoms with Crippen LogP contribution in [0.5, 0.6) is 0 Å². The Morgan fingerprint density at radius 1 is 0.939 bits per heavy atom. The Kier molecular flexibility index (Phi) is 5.78. The van der Waals surface area contributed by atoms with Crippen molar-refractivity contribution in [3.8, 4) is 0 Å². The summed E-state index contributed by atoms with van der Waals surface area (Å²) in [7, 11) is 0. The van der Waals surface area contributed by atoms with Gasteiger partial charge < -0.3 is 9.47 Å². The van der Waals surface area contributed by atoms with Gasteiger partial charge in [-0.25, -0.2) is 0 Å². The molecule has 180 valence electrons. The molecule has 1 aromatic rings. The van der Waals surface area contributed by atoms with Gasteiger partial charge in [0, 0.05) is 23.3 Å². The van der Waals surface area contributed by atoms with Crippen LogP contribution < -0.4 is 0 Å². The summed E-state index contributed by atoms with van der Waals surface area (Å²) in [5, 5.41) is 0. The maximum Gasteiger partial charge on any atom is 0.311 e. The van der Waals surface area contributed by atoms with E-state index in [9.17, 15) is 14.4 Å². The molecule has 0 spiro atoms. The van der Waals surface area contributed by atoms with E-state index in [1.165, 1.54) is 0 Å². The van der Waals surface area contributed by atoms with Crippen LogP contribution in [-0.4, -0.2) is 29.9 Å². The third kappa shape index (κ3) is 4.13. The van der Waals surface area contributed by atoms with Crippen LogP contribution in [-0.2, 0) is 19.1 Å². The maximum absolute atomic E-state index is 13.1. The lowest BCUT2D eigenvalue weighted by molar-refractivity contribution is -0.179. The largest absolute Gasteiger partial charge is 0.461 e. The van der Waals surface area contributed by atoms with E-state index in [0.717, 1.165) is 24.0 Å². The molecule has 5 nitrogen and oxygen atoms in total. The molecule has 0 radical (unpaired) electrons. The number of hydrogen-bond donors (Lipinski definition) is 0. The van der Waals surface area contributed by atoms with Crippen LogP contribution >= 0.6 is 0 Å². The van der Waals surface area contributed by atoms with Crippen molar-refractivity contribution in [2.24, 2.45) is 28.1 Å². The first-order valence-electron chi connectivity index (χ1n) is 12.3. The standard InChI is InChI=1S/C28H38O5/c1-26(2,3)24(30)32-21-15-28(7)19(12-13-22(28)33-25(31)27(4,5)6)18-14-20(29)16-10-8-9-11-17(16)23(18)21/h8-11,18-19,21-23H,12-15H2,1-7H3/t18-,19-,21+,22-,23+,28-/m0/s1. The normalized spacial score (nSPS) is 33.5. The topological polar surface area (TPSA) is 69.7 Å². The Morgan fingerprint density at radius 3 is 2.18 bits per heavy atom. The van der Waals surface area contributed by atoms with E-state index in [-0.39, 0.29) is 53.1 Å². The monoisotopic (exact) mass is 454 g/mol. The lowest BCUT2D eigenvalue weighted by atomic mass is 9.54. The quantitative estimate of drug-likeness (QED) is 0.536. The molecule has 33 heavy (non-hydrogen) atoms. The minimum absolute atomic E-state index is 0.0136. The van der Waals surface area contributed by atoms with Gasteiger partial charge in [-0.15, -0.1) is 0 Å². The first kappa shape index (κ1) is 24.0. The molecule has 3 aliphatic rings. The van der Waals surface area contributed by atoms with E-state index in [2.05, 4.69) is 6.92 Å². The zero-order valence-electron chi connectivity index (χ0n) is 21.1. The number of Topliss-reactive ketones (excluding diaryl/α,β-unsaturated/α-hetero) is 1. The van der Waals surface area contributed by atoms with Gasteiger partial charge in [0.15, 0.2) is 5.78 Å². The molecule has 0 bridgehead atoms. The molecule has 2 saturated carbocycles. The van der Waals surface area contributed by atoms with Crippen LogP contribution in [0.1, 0.15) is 96.0 Å². The summed E-state index contributed by atoms with van der Waals surface area (Å²) in [5.41, 5.74) is 0.224. The lowest BCUT2D eigenvalue weighted by Crippen LogP contribution is -2.53. The molecular formula is C28H38O5. The van der Waals surface area contributed by atoms with Crippen LogP contribution in [0.25, 0.3) is 0 Å². The van der Waals surface area contributed by atoms with Gasteiger partial charge in [0.1, 0.15) is 12.2 Å². The molecule has 1 aromatic carbocycles. The van der Waals surface area contributed by atoms with E-state index in [1.54, 1.807) is 0 Å². The van der Waals surface area contributed by atoms with Gasteiger partial charge in [-0.05, 0) is 78.2 Å². The molecular weight excluding hydrogens is 416 g/mol. The number of carbonyl (C=O) groups is 3. The summed E-state index contributed by atoms with van der Waals surface area (Å²) in [6, 6.07) is 7.79. The minimum Gasteiger partial charge on any atom is -0.461 e. The fraction of sp³-hybridized carbons (Fsp3) is 0.679. The number of fused-ring (bicyclic) bond motifs is 5. The van der Waals surface area contributed by atoms with Crippen LogP contribution in [0.4, 0.5) is 0 Å². The molecule has 2 fully saturated rings. The van der Waals surface area contributed by atoms with Crippen molar-refractivity contribution in [2.75, 3.05) is 0 Å². The molecule has 5 heteroatoms. The predicted octanol–water partition coefficient (Wildman–Crippen LogP) is 5.71. The first-order valence-corrected chi connectivity index (χ1v) is 12.3. The van der Waals surface area contributed by atoms with Gasteiger partial charge in [-0.2, -0.15) is 0 Å². The van der Waals surface area contributed by atoms with Crippen molar-refractivity contribution >= 4 is 17.7 Å². The number of ketones is 1. The minimum atomic E-state index is -0.620. The second kappa shape index (κ2) is 7.95. The molecule has 0 heterocycles. The third-order valence-corrected chi connectivity index (χ3v) is 8.12. The predicted molar refractivity (Wildman–Crippen MR) is 126 cm³/mol. The SMILES string of the molecule is CC(C)(C)C(=O)O[C@H]1CC[C@H]2[C@@H]3CC(=O)c4ccccc4[C@H]3[C@H](OC(=O)C(C)(C)C)C[C@]12C. The third-order valence-electron chi connectivity index (χ3n) is 8.12. The molecule has 4 rings (SSSR count). The maximum atomic E-state index is 13.1. The van der Waals surface area contributed by atoms with Crippen LogP contribution in [0.2, 0.25) is 0 Å². The zero-order chi connectivity index (χ0) is 24.3. The van der Waals surface area contributed by atoms with Gasteiger partial charge in [-0.1, -0.05) is 31.2 Å². The number of hydrogen-bond acceptors (Lipinski definition) is 5. The van der Waals surface area contributed by atoms with Crippen molar-refractivity contribution in [3.05, 3.63) is 35.4 Å². The van der Waals surface area contributed by atoms with E-state index in [1.807, 2.05) is 65.8 Å². The van der Waals surface area contributed by atoms with Gasteiger partial charge in [0.25, 0.3) is 0 Å². The Morgan fingerprint density at radius 2 is 1.55 bits per heavy atom. The van der Waals surface area contributed by atoms with Crippen molar-refractivity contribution in [3.63, 3.8) is 0 Å². The summed E-state index contributed by atoms with van der Waals surface area (Å²) >= 11 is 0. The van der Waals surface area contributed by atoms with Crippen LogP contribution in [0.15, 0.2) is 24.3 Å². The van der Waals surface area contributed by atoms with Gasteiger partial charge in [0.05, 0.1) is 10.8 Å². The molecule has 0 N–H and O–H groups in total. The molecule has 6 atom stereocenters. The van der Waals surface area contributed by atoms with Crippen molar-refractivity contribution in [1.82, 2.24) is 0 Å². The zero-order valence-corrected chi connectivity index (χ0v) is 21.1. The number of esters is 2. The van der Waals surface area contributed by atoms with E-state index in [4.69, 9.17) is 9.47 Å². The molecule has 0 amide bonds. The van der Waals surface area contributed by atoms with Crippen molar-refractivity contribution in [1.29, 1.82) is 0 Å². The highest BCUT2D eigenvalue weighted by Gasteiger charge is 2.61. The van der Waals surface area contributed by atoms with E-state index >= 15 is 0 Å². The Labute approximate surface area is 197 Å². The highest BCUT2D eigenvalue weighted by Crippen LogP contribution is 2.62. The average Bonchev–Trinajstić information content (AvgIpc) is 3.02. The molecule has 0 saturated heterocycles. The summed E-state index contributed by atoms with van der Waals surface area (Å²) in [6.07, 6.45) is 2.18. The second-order valence-corrected chi connectivity index (χ2v) is 12.6. The molecule has 0 aromatic heterocycles. The van der Waals surface area contributed by atoms with E-state index in [0.29, 0.717) is 12.8 Å².